The number of nitrogens with zero attached hydrogens (tertiary/aromatic N) is 3. The van der Waals surface area contributed by atoms with E-state index in [0.29, 0.717) is 29.8 Å². The molecule has 1 atom stereocenters. The molecule has 1 unspecified atom stereocenters. The van der Waals surface area contributed by atoms with Gasteiger partial charge in [0, 0.05) is 22.8 Å². The van der Waals surface area contributed by atoms with Crippen LogP contribution in [0.3, 0.4) is 0 Å². The van der Waals surface area contributed by atoms with Crippen LogP contribution in [0.4, 0.5) is 5.69 Å². The number of carbonyl (C=O) groups excluding carboxylic acids is 1. The summed E-state index contributed by atoms with van der Waals surface area (Å²) in [6.45, 7) is 6.05. The molecule has 2 aromatic carbocycles. The molecule has 4 rings (SSSR count). The van der Waals surface area contributed by atoms with Crippen molar-refractivity contribution in [3.05, 3.63) is 64.5 Å². The second-order valence-electron chi connectivity index (χ2n) is 7.86. The van der Waals surface area contributed by atoms with Gasteiger partial charge in [-0.2, -0.15) is 4.98 Å². The number of likely N-dealkylation sites (tertiary alicyclic amines) is 1. The Morgan fingerprint density at radius 2 is 2.10 bits per heavy atom. The van der Waals surface area contributed by atoms with Gasteiger partial charge in [-0.05, 0) is 57.0 Å². The second kappa shape index (κ2) is 8.98. The number of aryl methyl sites for hydroxylation is 1. The van der Waals surface area contributed by atoms with Crippen molar-refractivity contribution in [2.24, 2.45) is 5.92 Å². The lowest BCUT2D eigenvalue weighted by Crippen LogP contribution is -2.40. The van der Waals surface area contributed by atoms with Gasteiger partial charge in [0.1, 0.15) is 0 Å². The van der Waals surface area contributed by atoms with E-state index in [0.717, 1.165) is 41.8 Å². The number of amides is 1. The van der Waals surface area contributed by atoms with Gasteiger partial charge in [-0.15, -0.1) is 0 Å². The van der Waals surface area contributed by atoms with E-state index in [1.807, 2.05) is 56.3 Å². The summed E-state index contributed by atoms with van der Waals surface area (Å²) in [6, 6.07) is 13.6. The molecule has 1 aromatic heterocycles. The molecule has 0 bridgehead atoms. The van der Waals surface area contributed by atoms with E-state index in [9.17, 15) is 4.79 Å². The van der Waals surface area contributed by atoms with E-state index >= 15 is 0 Å². The minimum Gasteiger partial charge on any atom is -0.338 e. The maximum Gasteiger partial charge on any atom is 0.241 e. The average Bonchev–Trinajstić information content (AvgIpc) is 3.20. The Balaban J connectivity index is 1.38. The summed E-state index contributed by atoms with van der Waals surface area (Å²) in [4.78, 5) is 19.6. The molecule has 1 amide bonds. The molecule has 1 aliphatic rings. The molecular weight excluding hydrogens is 400 g/mol. The van der Waals surface area contributed by atoms with Crippen LogP contribution in [0.15, 0.2) is 47.0 Å². The highest BCUT2D eigenvalue weighted by molar-refractivity contribution is 6.31. The van der Waals surface area contributed by atoms with E-state index in [-0.39, 0.29) is 11.8 Å². The van der Waals surface area contributed by atoms with Gasteiger partial charge in [0.15, 0.2) is 0 Å². The van der Waals surface area contributed by atoms with E-state index in [2.05, 4.69) is 20.4 Å². The number of hydrogen-bond acceptors (Lipinski definition) is 5. The minimum atomic E-state index is -0.0868. The normalized spacial score (nSPS) is 17.1. The van der Waals surface area contributed by atoms with Crippen LogP contribution in [0.25, 0.3) is 11.4 Å². The van der Waals surface area contributed by atoms with Crippen LogP contribution < -0.4 is 5.32 Å². The zero-order valence-electron chi connectivity index (χ0n) is 17.2. The lowest BCUT2D eigenvalue weighted by molar-refractivity contribution is -0.121. The smallest absolute Gasteiger partial charge is 0.241 e. The molecule has 6 nitrogen and oxygen atoms in total. The van der Waals surface area contributed by atoms with Crippen LogP contribution in [-0.2, 0) is 11.3 Å². The summed E-state index contributed by atoms with van der Waals surface area (Å²) in [7, 11) is 0. The molecule has 7 heteroatoms. The van der Waals surface area contributed by atoms with Crippen LogP contribution >= 0.6 is 11.6 Å². The molecule has 1 N–H and O–H groups in total. The molecule has 2 heterocycles. The Kier molecular flexibility index (Phi) is 6.16. The van der Waals surface area contributed by atoms with Crippen LogP contribution in [-0.4, -0.2) is 34.0 Å². The Hall–Kier alpha value is -2.70. The lowest BCUT2D eigenvalue weighted by Gasteiger charge is -2.31. The summed E-state index contributed by atoms with van der Waals surface area (Å²) < 4.78 is 5.46. The SMILES string of the molecule is Cc1cccc(-c2noc(CN3CCCC(C(=O)Nc4cccc(Cl)c4C)C3)n2)c1. The Morgan fingerprint density at radius 3 is 2.93 bits per heavy atom. The lowest BCUT2D eigenvalue weighted by atomic mass is 9.97. The second-order valence-corrected chi connectivity index (χ2v) is 8.26. The number of carbonyl (C=O) groups is 1. The Morgan fingerprint density at radius 1 is 1.27 bits per heavy atom. The first kappa shape index (κ1) is 20.6. The topological polar surface area (TPSA) is 71.3 Å². The fraction of sp³-hybridized carbons (Fsp3) is 0.348. The number of benzene rings is 2. The van der Waals surface area contributed by atoms with Crippen molar-refractivity contribution in [3.63, 3.8) is 0 Å². The van der Waals surface area contributed by atoms with E-state index in [1.54, 1.807) is 0 Å². The standard InChI is InChI=1S/C23H25ClN4O2/c1-15-6-3-7-17(12-15)22-26-21(30-27-22)14-28-11-5-8-18(13-28)23(29)25-20-10-4-9-19(24)16(20)2/h3-4,6-7,9-10,12,18H,5,8,11,13-14H2,1-2H3,(H,25,29). The summed E-state index contributed by atoms with van der Waals surface area (Å²) in [5.41, 5.74) is 3.75. The number of aromatic nitrogens is 2. The van der Waals surface area contributed by atoms with Crippen molar-refractivity contribution in [1.29, 1.82) is 0 Å². The van der Waals surface area contributed by atoms with Gasteiger partial charge in [0.25, 0.3) is 0 Å². The average molecular weight is 425 g/mol. The zero-order chi connectivity index (χ0) is 21.1. The van der Waals surface area contributed by atoms with Crippen molar-refractivity contribution in [2.75, 3.05) is 18.4 Å². The van der Waals surface area contributed by atoms with Crippen LogP contribution in [0.5, 0.6) is 0 Å². The van der Waals surface area contributed by atoms with Crippen molar-refractivity contribution in [2.45, 2.75) is 33.2 Å². The zero-order valence-corrected chi connectivity index (χ0v) is 17.9. The van der Waals surface area contributed by atoms with Gasteiger partial charge in [-0.3, -0.25) is 9.69 Å². The first-order valence-electron chi connectivity index (χ1n) is 10.2. The third kappa shape index (κ3) is 4.71. The van der Waals surface area contributed by atoms with E-state index in [4.69, 9.17) is 16.1 Å². The quantitative estimate of drug-likeness (QED) is 0.633. The highest BCUT2D eigenvalue weighted by Gasteiger charge is 2.27. The summed E-state index contributed by atoms with van der Waals surface area (Å²) in [5.74, 6) is 1.10. The monoisotopic (exact) mass is 424 g/mol. The van der Waals surface area contributed by atoms with Gasteiger partial charge in [0.2, 0.25) is 17.6 Å². The molecule has 1 saturated heterocycles. The Labute approximate surface area is 181 Å². The molecule has 3 aromatic rings. The van der Waals surface area contributed by atoms with Crippen molar-refractivity contribution in [1.82, 2.24) is 15.0 Å². The number of rotatable bonds is 5. The third-order valence-corrected chi connectivity index (χ3v) is 5.91. The minimum absolute atomic E-state index is 0.0241. The highest BCUT2D eigenvalue weighted by Crippen LogP contribution is 2.25. The van der Waals surface area contributed by atoms with Crippen LogP contribution in [0.1, 0.15) is 29.9 Å². The van der Waals surface area contributed by atoms with Crippen LogP contribution in [0.2, 0.25) is 5.02 Å². The predicted octanol–water partition coefficient (Wildman–Crippen LogP) is 4.86. The number of halogens is 1. The molecule has 0 aliphatic carbocycles. The maximum absolute atomic E-state index is 12.8. The van der Waals surface area contributed by atoms with E-state index in [1.165, 1.54) is 0 Å². The molecule has 1 fully saturated rings. The summed E-state index contributed by atoms with van der Waals surface area (Å²) in [5, 5.41) is 7.80. The largest absolute Gasteiger partial charge is 0.338 e. The fourth-order valence-corrected chi connectivity index (χ4v) is 3.98. The molecule has 0 radical (unpaired) electrons. The maximum atomic E-state index is 12.8. The van der Waals surface area contributed by atoms with Gasteiger partial charge in [-0.25, -0.2) is 0 Å². The number of anilines is 1. The van der Waals surface area contributed by atoms with E-state index < -0.39 is 0 Å². The number of piperidine rings is 1. The molecule has 1 aliphatic heterocycles. The fourth-order valence-electron chi connectivity index (χ4n) is 3.80. The highest BCUT2D eigenvalue weighted by atomic mass is 35.5. The summed E-state index contributed by atoms with van der Waals surface area (Å²) in [6.07, 6.45) is 1.81. The van der Waals surface area contributed by atoms with Crippen molar-refractivity contribution >= 4 is 23.2 Å². The molecule has 30 heavy (non-hydrogen) atoms. The van der Waals surface area contributed by atoms with Crippen molar-refractivity contribution in [3.8, 4) is 11.4 Å². The molecule has 156 valence electrons. The van der Waals surface area contributed by atoms with Gasteiger partial charge in [-0.1, -0.05) is 46.6 Å². The Bertz CT molecular complexity index is 1050. The number of hydrogen-bond donors (Lipinski definition) is 1. The first-order valence-corrected chi connectivity index (χ1v) is 10.6. The third-order valence-electron chi connectivity index (χ3n) is 5.51. The first-order chi connectivity index (χ1) is 14.5. The molecule has 0 spiro atoms. The van der Waals surface area contributed by atoms with Gasteiger partial charge >= 0.3 is 0 Å². The van der Waals surface area contributed by atoms with Gasteiger partial charge in [0.05, 0.1) is 12.5 Å². The van der Waals surface area contributed by atoms with Crippen LogP contribution in [0, 0.1) is 19.8 Å². The number of nitrogens with one attached hydrogen (secondary N) is 1. The van der Waals surface area contributed by atoms with Gasteiger partial charge < -0.3 is 9.84 Å². The summed E-state index contributed by atoms with van der Waals surface area (Å²) >= 11 is 6.17. The predicted molar refractivity (Wildman–Crippen MR) is 117 cm³/mol. The molecular formula is C23H25ClN4O2. The molecule has 0 saturated carbocycles. The van der Waals surface area contributed by atoms with Crippen molar-refractivity contribution < 1.29 is 9.32 Å².